The van der Waals surface area contributed by atoms with E-state index in [9.17, 15) is 53.4 Å². The van der Waals surface area contributed by atoms with E-state index in [2.05, 4.69) is 49.8 Å². The standard InChI is InChI=1S/C33H60N10O11S/c1-7-16(4)25(33(53)54)43-28(48)19(10-8-9-11-34)38-27(47)18(6)37-31(51)22(14-55)41-29(49)20(12-23(36)45)39-32(52)24(15(2)3)42-30(50)21(13-44)40-26(46)17(5)35/h15-22,24-25,44,55H,7-14,34-35H2,1-6H3,(H2,36,45)(H,37,51)(H,38,47)(H,39,52)(H,40,46)(H,41,49)(H,42,50)(H,43,48)(H,53,54)/t16-,17-,18-,19-,20-,21-,22-,24-,25-/m0/s1. The van der Waals surface area contributed by atoms with Gasteiger partial charge in [-0.2, -0.15) is 12.6 Å². The molecule has 0 unspecified atom stereocenters. The van der Waals surface area contributed by atoms with Gasteiger partial charge in [0.1, 0.15) is 42.3 Å². The first kappa shape index (κ1) is 50.5. The van der Waals surface area contributed by atoms with Gasteiger partial charge in [-0.05, 0) is 51.5 Å². The smallest absolute Gasteiger partial charge is 0.326 e. The lowest BCUT2D eigenvalue weighted by atomic mass is 9.98. The first-order valence-electron chi connectivity index (χ1n) is 18.0. The third-order valence-corrected chi connectivity index (χ3v) is 8.80. The Kier molecular flexibility index (Phi) is 23.4. The Morgan fingerprint density at radius 2 is 1.13 bits per heavy atom. The van der Waals surface area contributed by atoms with Crippen molar-refractivity contribution in [2.45, 2.75) is 122 Å². The largest absolute Gasteiger partial charge is 0.480 e. The number of amides is 8. The molecule has 55 heavy (non-hydrogen) atoms. The van der Waals surface area contributed by atoms with Crippen LogP contribution in [0.4, 0.5) is 0 Å². The van der Waals surface area contributed by atoms with E-state index in [-0.39, 0.29) is 12.2 Å². The number of hydrogen-bond acceptors (Lipinski definition) is 13. The van der Waals surface area contributed by atoms with E-state index in [1.807, 2.05) is 0 Å². The van der Waals surface area contributed by atoms with Crippen LogP contribution in [0.5, 0.6) is 0 Å². The molecule has 22 heteroatoms. The molecule has 0 fully saturated rings. The van der Waals surface area contributed by atoms with Crippen molar-refractivity contribution in [2.75, 3.05) is 18.9 Å². The zero-order valence-corrected chi connectivity index (χ0v) is 33.1. The summed E-state index contributed by atoms with van der Waals surface area (Å²) >= 11 is 4.10. The zero-order valence-electron chi connectivity index (χ0n) is 32.2. The fourth-order valence-electron chi connectivity index (χ4n) is 4.80. The predicted molar refractivity (Wildman–Crippen MR) is 202 cm³/mol. The number of nitrogens with one attached hydrogen (secondary N) is 7. The number of aliphatic hydroxyl groups is 1. The Labute approximate surface area is 325 Å². The maximum atomic E-state index is 13.3. The van der Waals surface area contributed by atoms with Crippen LogP contribution in [-0.2, 0) is 43.2 Å². The van der Waals surface area contributed by atoms with Crippen molar-refractivity contribution in [3.63, 3.8) is 0 Å². The third kappa shape index (κ3) is 18.1. The van der Waals surface area contributed by atoms with E-state index in [0.717, 1.165) is 0 Å². The quantitative estimate of drug-likeness (QED) is 0.0290. The summed E-state index contributed by atoms with van der Waals surface area (Å²) in [4.78, 5) is 114. The molecule has 0 saturated carbocycles. The molecule has 0 aliphatic heterocycles. The summed E-state index contributed by atoms with van der Waals surface area (Å²) in [6, 6.07) is -10.5. The Balaban J connectivity index is 5.85. The van der Waals surface area contributed by atoms with Crippen LogP contribution in [0, 0.1) is 11.8 Å². The average molecular weight is 805 g/mol. The molecule has 0 spiro atoms. The number of carbonyl (C=O) groups excluding carboxylic acids is 8. The number of rotatable bonds is 26. The molecular weight excluding hydrogens is 744 g/mol. The molecule has 0 aliphatic rings. The first-order valence-corrected chi connectivity index (χ1v) is 18.6. The maximum absolute atomic E-state index is 13.3. The van der Waals surface area contributed by atoms with Crippen molar-refractivity contribution >= 4 is 65.9 Å². The second kappa shape index (κ2) is 25.5. The Morgan fingerprint density at radius 3 is 1.60 bits per heavy atom. The molecule has 0 bridgehead atoms. The molecule has 8 amide bonds. The van der Waals surface area contributed by atoms with Crippen molar-refractivity contribution < 1.29 is 53.4 Å². The highest BCUT2D eigenvalue weighted by molar-refractivity contribution is 7.80. The lowest BCUT2D eigenvalue weighted by molar-refractivity contribution is -0.144. The molecule has 0 rings (SSSR count). The van der Waals surface area contributed by atoms with E-state index in [0.29, 0.717) is 25.8 Å². The van der Waals surface area contributed by atoms with Gasteiger partial charge in [0.2, 0.25) is 47.3 Å². The van der Waals surface area contributed by atoms with Gasteiger partial charge in [-0.15, -0.1) is 0 Å². The monoisotopic (exact) mass is 804 g/mol. The van der Waals surface area contributed by atoms with Crippen molar-refractivity contribution in [3.8, 4) is 0 Å². The molecule has 314 valence electrons. The molecule has 0 saturated heterocycles. The molecule has 9 atom stereocenters. The number of carbonyl (C=O) groups is 9. The number of primary amides is 1. The SMILES string of the molecule is CC[C@H](C)[C@H](NC(=O)[C@H](CCCCN)NC(=O)[C@H](C)NC(=O)[C@H](CS)NC(=O)[C@H](CC(N)=O)NC(=O)[C@@H](NC(=O)[C@H](CO)NC(=O)[C@H](C)N)C(C)C)C(=O)O. The number of aliphatic carboxylic acids is 1. The topological polar surface area (TPSA) is 356 Å². The van der Waals surface area contributed by atoms with Crippen LogP contribution in [0.1, 0.15) is 73.6 Å². The second-order valence-corrected chi connectivity index (χ2v) is 13.9. The zero-order chi connectivity index (χ0) is 42.6. The first-order chi connectivity index (χ1) is 25.6. The molecule has 0 aromatic rings. The predicted octanol–water partition coefficient (Wildman–Crippen LogP) is -4.54. The fourth-order valence-corrected chi connectivity index (χ4v) is 5.06. The summed E-state index contributed by atoms with van der Waals surface area (Å²) in [6.07, 6.45) is 0.798. The summed E-state index contributed by atoms with van der Waals surface area (Å²) in [5, 5.41) is 35.9. The van der Waals surface area contributed by atoms with Crippen LogP contribution in [-0.4, -0.2) is 131 Å². The minimum atomic E-state index is -1.65. The highest BCUT2D eigenvalue weighted by Crippen LogP contribution is 2.10. The number of thiol groups is 1. The number of nitrogens with two attached hydrogens (primary N) is 3. The van der Waals surface area contributed by atoms with Crippen molar-refractivity contribution in [1.82, 2.24) is 37.2 Å². The summed E-state index contributed by atoms with van der Waals surface area (Å²) in [5.41, 5.74) is 16.4. The highest BCUT2D eigenvalue weighted by atomic mass is 32.1. The van der Waals surface area contributed by atoms with Crippen molar-refractivity contribution in [3.05, 3.63) is 0 Å². The molecule has 0 radical (unpaired) electrons. The molecule has 0 heterocycles. The lowest BCUT2D eigenvalue weighted by Gasteiger charge is -2.28. The van der Waals surface area contributed by atoms with E-state index in [4.69, 9.17) is 17.2 Å². The third-order valence-electron chi connectivity index (χ3n) is 8.44. The Bertz CT molecular complexity index is 1350. The van der Waals surface area contributed by atoms with Crippen molar-refractivity contribution in [1.29, 1.82) is 0 Å². The van der Waals surface area contributed by atoms with E-state index < -0.39 is 126 Å². The van der Waals surface area contributed by atoms with E-state index >= 15 is 0 Å². The van der Waals surface area contributed by atoms with Gasteiger partial charge in [0.05, 0.1) is 19.1 Å². The minimum absolute atomic E-state index is 0.123. The van der Waals surface area contributed by atoms with Gasteiger partial charge < -0.3 is 64.6 Å². The van der Waals surface area contributed by atoms with Gasteiger partial charge in [0.15, 0.2) is 0 Å². The Hall–Kier alpha value is -4.54. The molecule has 15 N–H and O–H groups in total. The molecule has 21 nitrogen and oxygen atoms in total. The van der Waals surface area contributed by atoms with Gasteiger partial charge in [-0.3, -0.25) is 38.4 Å². The summed E-state index contributed by atoms with van der Waals surface area (Å²) in [5.74, 6) is -9.71. The minimum Gasteiger partial charge on any atom is -0.480 e. The molecule has 0 aromatic carbocycles. The number of carboxylic acids is 1. The van der Waals surface area contributed by atoms with E-state index in [1.54, 1.807) is 27.7 Å². The summed E-state index contributed by atoms with van der Waals surface area (Å²) in [6.45, 7) is 8.68. The summed E-state index contributed by atoms with van der Waals surface area (Å²) < 4.78 is 0. The van der Waals surface area contributed by atoms with Crippen LogP contribution in [0.15, 0.2) is 0 Å². The van der Waals surface area contributed by atoms with Crippen LogP contribution < -0.4 is 54.4 Å². The van der Waals surface area contributed by atoms with Crippen LogP contribution in [0.2, 0.25) is 0 Å². The molecule has 0 aliphatic carbocycles. The van der Waals surface area contributed by atoms with Crippen molar-refractivity contribution in [2.24, 2.45) is 29.0 Å². The number of hydrogen-bond donors (Lipinski definition) is 13. The molecule has 0 aromatic heterocycles. The number of aliphatic hydroxyl groups excluding tert-OH is 1. The lowest BCUT2D eigenvalue weighted by Crippen LogP contribution is -2.61. The second-order valence-electron chi connectivity index (χ2n) is 13.5. The van der Waals surface area contributed by atoms with Gasteiger partial charge in [0.25, 0.3) is 0 Å². The number of unbranched alkanes of at least 4 members (excludes halogenated alkanes) is 1. The normalized spacial score (nSPS) is 16.0. The van der Waals surface area contributed by atoms with Gasteiger partial charge in [0, 0.05) is 5.75 Å². The Morgan fingerprint density at radius 1 is 0.636 bits per heavy atom. The summed E-state index contributed by atoms with van der Waals surface area (Å²) in [7, 11) is 0. The van der Waals surface area contributed by atoms with Crippen LogP contribution >= 0.6 is 12.6 Å². The van der Waals surface area contributed by atoms with Gasteiger partial charge in [-0.1, -0.05) is 34.1 Å². The average Bonchev–Trinajstić information content (AvgIpc) is 3.11. The number of carboxylic acid groups (broad SMARTS) is 1. The van der Waals surface area contributed by atoms with Crippen LogP contribution in [0.3, 0.4) is 0 Å². The van der Waals surface area contributed by atoms with Gasteiger partial charge >= 0.3 is 5.97 Å². The molecular formula is C33H60N10O11S. The maximum Gasteiger partial charge on any atom is 0.326 e. The fraction of sp³-hybridized carbons (Fsp3) is 0.727. The van der Waals surface area contributed by atoms with Gasteiger partial charge in [-0.25, -0.2) is 4.79 Å². The highest BCUT2D eigenvalue weighted by Gasteiger charge is 2.35. The van der Waals surface area contributed by atoms with E-state index in [1.165, 1.54) is 13.8 Å². The van der Waals surface area contributed by atoms with Crippen LogP contribution in [0.25, 0.3) is 0 Å².